The van der Waals surface area contributed by atoms with Gasteiger partial charge in [-0.05, 0) is 19.1 Å². The minimum Gasteiger partial charge on any atom is -0.452 e. The number of nitro groups is 1. The SMILES string of the molecule is C[C@H](NC(=O)COC(=O)c1ccc([N+](=O)[O-])cc1Cl)c1ccc(F)cc1F. The first-order valence-electron chi connectivity index (χ1n) is 7.54. The van der Waals surface area contributed by atoms with E-state index in [1.807, 2.05) is 0 Å². The average molecular weight is 399 g/mol. The summed E-state index contributed by atoms with van der Waals surface area (Å²) in [5.41, 5.74) is -0.383. The number of nitrogens with zero attached hydrogens (tertiary/aromatic N) is 1. The number of esters is 1. The standard InChI is InChI=1S/C17H13ClF2N2O5/c1-9(12-4-2-10(19)6-15(12)20)21-16(23)8-27-17(24)13-5-3-11(22(25)26)7-14(13)18/h2-7,9H,8H2,1H3,(H,21,23)/t9-/m0/s1. The molecule has 0 aliphatic carbocycles. The summed E-state index contributed by atoms with van der Waals surface area (Å²) in [6, 6.07) is 5.31. The van der Waals surface area contributed by atoms with Crippen LogP contribution in [0.5, 0.6) is 0 Å². The molecule has 1 N–H and O–H groups in total. The minimum absolute atomic E-state index is 0.0643. The summed E-state index contributed by atoms with van der Waals surface area (Å²) in [6.07, 6.45) is 0. The second kappa shape index (κ2) is 8.54. The van der Waals surface area contributed by atoms with Crippen molar-refractivity contribution in [2.45, 2.75) is 13.0 Å². The summed E-state index contributed by atoms with van der Waals surface area (Å²) in [7, 11) is 0. The number of halogens is 3. The van der Waals surface area contributed by atoms with E-state index in [-0.39, 0.29) is 21.8 Å². The Morgan fingerprint density at radius 2 is 1.96 bits per heavy atom. The van der Waals surface area contributed by atoms with E-state index >= 15 is 0 Å². The number of hydrogen-bond acceptors (Lipinski definition) is 5. The van der Waals surface area contributed by atoms with Crippen LogP contribution >= 0.6 is 11.6 Å². The minimum atomic E-state index is -0.953. The van der Waals surface area contributed by atoms with Crippen molar-refractivity contribution in [3.63, 3.8) is 0 Å². The number of amides is 1. The van der Waals surface area contributed by atoms with Crippen LogP contribution < -0.4 is 5.32 Å². The van der Waals surface area contributed by atoms with E-state index in [9.17, 15) is 28.5 Å². The molecule has 0 bridgehead atoms. The Morgan fingerprint density at radius 3 is 2.56 bits per heavy atom. The van der Waals surface area contributed by atoms with Crippen LogP contribution in [-0.4, -0.2) is 23.4 Å². The first-order chi connectivity index (χ1) is 12.7. The Kier molecular flexibility index (Phi) is 6.40. The van der Waals surface area contributed by atoms with Gasteiger partial charge in [-0.15, -0.1) is 0 Å². The van der Waals surface area contributed by atoms with Gasteiger partial charge in [-0.1, -0.05) is 17.7 Å². The van der Waals surface area contributed by atoms with Gasteiger partial charge >= 0.3 is 5.97 Å². The molecular formula is C17H13ClF2N2O5. The number of carbonyl (C=O) groups excluding carboxylic acids is 2. The highest BCUT2D eigenvalue weighted by Crippen LogP contribution is 2.23. The number of nitrogens with one attached hydrogen (secondary N) is 1. The topological polar surface area (TPSA) is 98.5 Å². The first-order valence-corrected chi connectivity index (χ1v) is 7.92. The number of rotatable bonds is 6. The molecule has 2 aromatic rings. The molecule has 0 spiro atoms. The van der Waals surface area contributed by atoms with E-state index in [0.29, 0.717) is 6.07 Å². The molecule has 0 saturated carbocycles. The molecule has 10 heteroatoms. The molecule has 0 unspecified atom stereocenters. The highest BCUT2D eigenvalue weighted by molar-refractivity contribution is 6.33. The molecule has 0 aliphatic rings. The van der Waals surface area contributed by atoms with Gasteiger partial charge in [-0.25, -0.2) is 13.6 Å². The van der Waals surface area contributed by atoms with Gasteiger partial charge in [0.25, 0.3) is 11.6 Å². The molecule has 2 aromatic carbocycles. The second-order valence-corrected chi connectivity index (χ2v) is 5.86. The third kappa shape index (κ3) is 5.20. The molecular weight excluding hydrogens is 386 g/mol. The van der Waals surface area contributed by atoms with E-state index in [1.165, 1.54) is 13.0 Å². The monoisotopic (exact) mass is 398 g/mol. The fraction of sp³-hybridized carbons (Fsp3) is 0.176. The van der Waals surface area contributed by atoms with E-state index < -0.39 is 41.1 Å². The van der Waals surface area contributed by atoms with Gasteiger partial charge in [0, 0.05) is 23.8 Å². The second-order valence-electron chi connectivity index (χ2n) is 5.45. The molecule has 0 aliphatic heterocycles. The smallest absolute Gasteiger partial charge is 0.340 e. The van der Waals surface area contributed by atoms with Crippen molar-refractivity contribution in [1.29, 1.82) is 0 Å². The normalized spacial score (nSPS) is 11.6. The fourth-order valence-electron chi connectivity index (χ4n) is 2.21. The lowest BCUT2D eigenvalue weighted by molar-refractivity contribution is -0.384. The Bertz CT molecular complexity index is 907. The van der Waals surface area contributed by atoms with Crippen LogP contribution in [0.1, 0.15) is 28.9 Å². The number of nitro benzene ring substituents is 1. The summed E-state index contributed by atoms with van der Waals surface area (Å²) in [5, 5.41) is 12.8. The van der Waals surface area contributed by atoms with Crippen LogP contribution in [0.3, 0.4) is 0 Å². The zero-order chi connectivity index (χ0) is 20.1. The summed E-state index contributed by atoms with van der Waals surface area (Å²) >= 11 is 5.80. The van der Waals surface area contributed by atoms with E-state index in [0.717, 1.165) is 24.3 Å². The Hall–Kier alpha value is -3.07. The van der Waals surface area contributed by atoms with Gasteiger partial charge in [-0.2, -0.15) is 0 Å². The molecule has 27 heavy (non-hydrogen) atoms. The van der Waals surface area contributed by atoms with Gasteiger partial charge < -0.3 is 10.1 Å². The van der Waals surface area contributed by atoms with Crippen LogP contribution in [0.25, 0.3) is 0 Å². The van der Waals surface area contributed by atoms with Gasteiger partial charge in [0.05, 0.1) is 21.6 Å². The van der Waals surface area contributed by atoms with E-state index in [2.05, 4.69) is 5.32 Å². The maximum absolute atomic E-state index is 13.7. The van der Waals surface area contributed by atoms with Crippen LogP contribution in [-0.2, 0) is 9.53 Å². The number of hydrogen-bond donors (Lipinski definition) is 1. The molecule has 0 heterocycles. The molecule has 7 nitrogen and oxygen atoms in total. The van der Waals surface area contributed by atoms with Crippen molar-refractivity contribution in [3.05, 3.63) is 74.3 Å². The molecule has 1 amide bonds. The summed E-state index contributed by atoms with van der Waals surface area (Å²) in [4.78, 5) is 33.8. The average Bonchev–Trinajstić information content (AvgIpc) is 2.59. The van der Waals surface area contributed by atoms with Gasteiger partial charge in [-0.3, -0.25) is 14.9 Å². The van der Waals surface area contributed by atoms with E-state index in [1.54, 1.807) is 0 Å². The quantitative estimate of drug-likeness (QED) is 0.455. The van der Waals surface area contributed by atoms with Crippen molar-refractivity contribution in [3.8, 4) is 0 Å². The lowest BCUT2D eigenvalue weighted by Crippen LogP contribution is -2.31. The van der Waals surface area contributed by atoms with Crippen LogP contribution in [0, 0.1) is 21.7 Å². The molecule has 0 saturated heterocycles. The van der Waals surface area contributed by atoms with E-state index in [4.69, 9.17) is 16.3 Å². The third-order valence-electron chi connectivity index (χ3n) is 3.52. The Morgan fingerprint density at radius 1 is 1.26 bits per heavy atom. The predicted molar refractivity (Wildman–Crippen MR) is 91.3 cm³/mol. The third-order valence-corrected chi connectivity index (χ3v) is 3.84. The molecule has 0 fully saturated rings. The number of ether oxygens (including phenoxy) is 1. The fourth-order valence-corrected chi connectivity index (χ4v) is 2.46. The molecule has 0 aromatic heterocycles. The first kappa shape index (κ1) is 20.2. The van der Waals surface area contributed by atoms with Crippen LogP contribution in [0.4, 0.5) is 14.5 Å². The summed E-state index contributed by atoms with van der Waals surface area (Å²) in [6.45, 7) is 0.794. The number of benzene rings is 2. The predicted octanol–water partition coefficient (Wildman–Crippen LogP) is 3.56. The summed E-state index contributed by atoms with van der Waals surface area (Å²) < 4.78 is 31.4. The molecule has 2 rings (SSSR count). The lowest BCUT2D eigenvalue weighted by Gasteiger charge is -2.15. The van der Waals surface area contributed by atoms with Crippen LogP contribution in [0.15, 0.2) is 36.4 Å². The maximum atomic E-state index is 13.7. The van der Waals surface area contributed by atoms with Gasteiger partial charge in [0.2, 0.25) is 0 Å². The van der Waals surface area contributed by atoms with Crippen molar-refractivity contribution in [2.24, 2.45) is 0 Å². The maximum Gasteiger partial charge on any atom is 0.340 e. The Balaban J connectivity index is 1.95. The highest BCUT2D eigenvalue weighted by atomic mass is 35.5. The zero-order valence-corrected chi connectivity index (χ0v) is 14.6. The van der Waals surface area contributed by atoms with Crippen molar-refractivity contribution in [2.75, 3.05) is 6.61 Å². The van der Waals surface area contributed by atoms with Crippen LogP contribution in [0.2, 0.25) is 5.02 Å². The zero-order valence-electron chi connectivity index (χ0n) is 13.9. The lowest BCUT2D eigenvalue weighted by atomic mass is 10.1. The largest absolute Gasteiger partial charge is 0.452 e. The summed E-state index contributed by atoms with van der Waals surface area (Å²) in [5.74, 6) is -3.25. The Labute approximate surface area is 157 Å². The van der Waals surface area contributed by atoms with Crippen molar-refractivity contribution in [1.82, 2.24) is 5.32 Å². The van der Waals surface area contributed by atoms with Gasteiger partial charge in [0.15, 0.2) is 6.61 Å². The molecule has 142 valence electrons. The van der Waals surface area contributed by atoms with Crippen molar-refractivity contribution < 1.29 is 28.0 Å². The molecule has 1 atom stereocenters. The highest BCUT2D eigenvalue weighted by Gasteiger charge is 2.19. The van der Waals surface area contributed by atoms with Gasteiger partial charge in [0.1, 0.15) is 11.6 Å². The molecule has 0 radical (unpaired) electrons. The van der Waals surface area contributed by atoms with Crippen molar-refractivity contribution >= 4 is 29.2 Å². The number of carbonyl (C=O) groups is 2. The number of non-ortho nitro benzene ring substituents is 1.